The van der Waals surface area contributed by atoms with Crippen LogP contribution in [0.3, 0.4) is 0 Å². The van der Waals surface area contributed by atoms with Crippen molar-refractivity contribution in [3.63, 3.8) is 0 Å². The minimum absolute atomic E-state index is 0.0688. The third-order valence-electron chi connectivity index (χ3n) is 3.50. The smallest absolute Gasteiger partial charge is 0.322 e. The van der Waals surface area contributed by atoms with E-state index in [9.17, 15) is 8.42 Å². The van der Waals surface area contributed by atoms with Gasteiger partial charge in [-0.25, -0.2) is 4.18 Å². The van der Waals surface area contributed by atoms with Crippen LogP contribution in [0.25, 0.3) is 0 Å². The molecule has 0 amide bonds. The first-order valence-electron chi connectivity index (χ1n) is 5.84. The van der Waals surface area contributed by atoms with Crippen LogP contribution in [0.5, 0.6) is 0 Å². The molecular weight excluding hydrogens is 230 g/mol. The predicted octanol–water partition coefficient (Wildman–Crippen LogP) is 1.07. The Bertz CT molecular complexity index is 317. The van der Waals surface area contributed by atoms with Crippen LogP contribution in [0.1, 0.15) is 26.7 Å². The van der Waals surface area contributed by atoms with Crippen molar-refractivity contribution < 1.29 is 21.6 Å². The van der Waals surface area contributed by atoms with Gasteiger partial charge in [-0.1, -0.05) is 6.92 Å². The second kappa shape index (κ2) is 5.44. The van der Waals surface area contributed by atoms with Crippen LogP contribution in [-0.4, -0.2) is 50.2 Å². The Morgan fingerprint density at radius 2 is 2.19 bits per heavy atom. The number of hydrogen-bond donors (Lipinski definition) is 1. The van der Waals surface area contributed by atoms with Gasteiger partial charge in [0.25, 0.3) is 0 Å². The molecule has 1 saturated heterocycles. The molecule has 1 aliphatic heterocycles. The number of rotatable bonds is 5. The van der Waals surface area contributed by atoms with Gasteiger partial charge in [0.05, 0.1) is 19.6 Å². The second-order valence-corrected chi connectivity index (χ2v) is 5.88. The fourth-order valence-corrected chi connectivity index (χ4v) is 2.89. The van der Waals surface area contributed by atoms with E-state index in [0.717, 1.165) is 24.1 Å². The molecule has 6 heteroatoms. The lowest BCUT2D eigenvalue weighted by Gasteiger charge is -2.43. The quantitative estimate of drug-likeness (QED) is 0.587. The van der Waals surface area contributed by atoms with Gasteiger partial charge >= 0.3 is 10.4 Å². The first-order valence-corrected chi connectivity index (χ1v) is 7.20. The number of likely N-dealkylation sites (N-methyl/N-ethyl adjacent to an activating group) is 1. The van der Waals surface area contributed by atoms with Gasteiger partial charge in [0.15, 0.2) is 0 Å². The molecule has 0 bridgehead atoms. The highest BCUT2D eigenvalue weighted by molar-refractivity contribution is 7.80. The summed E-state index contributed by atoms with van der Waals surface area (Å²) in [5.41, 5.74) is 0. The lowest BCUT2D eigenvalue weighted by molar-refractivity contribution is -0.934. The largest absolute Gasteiger partial charge is 0.397 e. The Kier molecular flexibility index (Phi) is 4.73. The lowest BCUT2D eigenvalue weighted by atomic mass is 9.97. The van der Waals surface area contributed by atoms with Crippen molar-refractivity contribution >= 4 is 10.4 Å². The number of piperidine rings is 1. The van der Waals surface area contributed by atoms with Gasteiger partial charge in [0, 0.05) is 5.92 Å². The van der Waals surface area contributed by atoms with Crippen LogP contribution in [-0.2, 0) is 14.6 Å². The van der Waals surface area contributed by atoms with E-state index in [1.165, 1.54) is 12.8 Å². The Hall–Kier alpha value is -0.170. The van der Waals surface area contributed by atoms with Crippen LogP contribution in [0.2, 0.25) is 0 Å². The van der Waals surface area contributed by atoms with E-state index >= 15 is 0 Å². The van der Waals surface area contributed by atoms with Crippen molar-refractivity contribution in [3.8, 4) is 0 Å². The summed E-state index contributed by atoms with van der Waals surface area (Å²) in [7, 11) is -4.28. The summed E-state index contributed by atoms with van der Waals surface area (Å²) in [5, 5.41) is 0. The summed E-state index contributed by atoms with van der Waals surface area (Å²) >= 11 is 0. The van der Waals surface area contributed by atoms with E-state index in [1.54, 1.807) is 0 Å². The normalized spacial score (nSPS) is 31.6. The Morgan fingerprint density at radius 3 is 2.69 bits per heavy atom. The third-order valence-corrected chi connectivity index (χ3v) is 3.96. The van der Waals surface area contributed by atoms with Crippen molar-refractivity contribution in [2.75, 3.05) is 32.8 Å². The van der Waals surface area contributed by atoms with E-state index in [4.69, 9.17) is 4.55 Å². The number of hydrogen-bond acceptors (Lipinski definition) is 3. The van der Waals surface area contributed by atoms with Gasteiger partial charge in [-0.2, -0.15) is 8.42 Å². The van der Waals surface area contributed by atoms with Gasteiger partial charge in [-0.05, 0) is 19.8 Å². The maximum Gasteiger partial charge on any atom is 0.397 e. The molecule has 0 saturated carbocycles. The van der Waals surface area contributed by atoms with E-state index in [1.807, 2.05) is 0 Å². The minimum Gasteiger partial charge on any atom is -0.322 e. The molecule has 0 aromatic heterocycles. The summed E-state index contributed by atoms with van der Waals surface area (Å²) in [5.74, 6) is 0.680. The molecule has 0 aromatic carbocycles. The molecule has 96 valence electrons. The Balaban J connectivity index is 2.47. The molecule has 1 N–H and O–H groups in total. The first kappa shape index (κ1) is 13.9. The van der Waals surface area contributed by atoms with Crippen LogP contribution < -0.4 is 0 Å². The van der Waals surface area contributed by atoms with Crippen molar-refractivity contribution in [2.24, 2.45) is 5.92 Å². The van der Waals surface area contributed by atoms with Gasteiger partial charge in [0.2, 0.25) is 0 Å². The highest BCUT2D eigenvalue weighted by Gasteiger charge is 2.31. The molecule has 2 atom stereocenters. The maximum atomic E-state index is 10.5. The zero-order valence-corrected chi connectivity index (χ0v) is 10.9. The lowest BCUT2D eigenvalue weighted by Crippen LogP contribution is -2.55. The molecule has 1 aliphatic rings. The topological polar surface area (TPSA) is 63.6 Å². The van der Waals surface area contributed by atoms with Crippen molar-refractivity contribution in [1.82, 2.24) is 0 Å². The number of nitrogens with zero attached hydrogens (tertiary/aromatic N) is 1. The molecule has 0 radical (unpaired) electrons. The summed E-state index contributed by atoms with van der Waals surface area (Å²) in [6.45, 7) is 8.21. The molecule has 16 heavy (non-hydrogen) atoms. The average Bonchev–Trinajstić information content (AvgIpc) is 2.16. The summed E-state index contributed by atoms with van der Waals surface area (Å²) in [4.78, 5) is 0. The fourth-order valence-electron chi connectivity index (χ4n) is 2.60. The Morgan fingerprint density at radius 1 is 1.50 bits per heavy atom. The van der Waals surface area contributed by atoms with Crippen molar-refractivity contribution in [2.45, 2.75) is 26.7 Å². The van der Waals surface area contributed by atoms with E-state index in [0.29, 0.717) is 12.5 Å². The standard InChI is InChI=1S/C10H21NO4S/c1-3-11(6-4-5-10(2)9-11)7-8-15-16(12,13)14/h10H,3-9H2,1-2H3/p+1. The highest BCUT2D eigenvalue weighted by atomic mass is 32.3. The van der Waals surface area contributed by atoms with E-state index in [-0.39, 0.29) is 6.61 Å². The first-order chi connectivity index (χ1) is 7.37. The number of quaternary nitrogens is 1. The van der Waals surface area contributed by atoms with Crippen LogP contribution in [0.15, 0.2) is 0 Å². The molecule has 0 spiro atoms. The van der Waals surface area contributed by atoms with Crippen LogP contribution in [0, 0.1) is 5.92 Å². The third kappa shape index (κ3) is 4.37. The second-order valence-electron chi connectivity index (χ2n) is 4.78. The van der Waals surface area contributed by atoms with Gasteiger partial charge in [-0.3, -0.25) is 4.55 Å². The van der Waals surface area contributed by atoms with Gasteiger partial charge in [0.1, 0.15) is 13.2 Å². The highest BCUT2D eigenvalue weighted by Crippen LogP contribution is 2.22. The average molecular weight is 252 g/mol. The summed E-state index contributed by atoms with van der Waals surface area (Å²) in [6.07, 6.45) is 2.43. The molecule has 1 rings (SSSR count). The molecule has 0 aromatic rings. The number of likely N-dealkylation sites (tertiary alicyclic amines) is 1. The molecular formula is C10H22NO4S+. The molecule has 5 nitrogen and oxygen atoms in total. The Labute approximate surface area is 97.9 Å². The molecule has 2 unspecified atom stereocenters. The fraction of sp³-hybridized carbons (Fsp3) is 1.00. The zero-order valence-electron chi connectivity index (χ0n) is 10.1. The van der Waals surface area contributed by atoms with Crippen LogP contribution >= 0.6 is 0 Å². The maximum absolute atomic E-state index is 10.5. The molecule has 0 aliphatic carbocycles. The SMILES string of the molecule is CC[N+]1(CCOS(=O)(=O)O)CCCC(C)C1. The van der Waals surface area contributed by atoms with Gasteiger partial charge < -0.3 is 4.48 Å². The summed E-state index contributed by atoms with van der Waals surface area (Å²) < 4.78 is 34.7. The van der Waals surface area contributed by atoms with Gasteiger partial charge in [-0.15, -0.1) is 0 Å². The molecule has 1 fully saturated rings. The minimum atomic E-state index is -4.28. The van der Waals surface area contributed by atoms with Crippen molar-refractivity contribution in [1.29, 1.82) is 0 Å². The van der Waals surface area contributed by atoms with E-state index in [2.05, 4.69) is 18.0 Å². The molecule has 1 heterocycles. The predicted molar refractivity (Wildman–Crippen MR) is 61.3 cm³/mol. The van der Waals surface area contributed by atoms with Crippen molar-refractivity contribution in [3.05, 3.63) is 0 Å². The van der Waals surface area contributed by atoms with Crippen LogP contribution in [0.4, 0.5) is 0 Å². The monoisotopic (exact) mass is 252 g/mol. The summed E-state index contributed by atoms with van der Waals surface area (Å²) in [6, 6.07) is 0. The van der Waals surface area contributed by atoms with E-state index < -0.39 is 10.4 Å². The zero-order chi connectivity index (χ0) is 12.2.